The second-order valence-electron chi connectivity index (χ2n) is 6.06. The Balaban J connectivity index is 1.76. The lowest BCUT2D eigenvalue weighted by Crippen LogP contribution is -2.29. The highest BCUT2D eigenvalue weighted by Gasteiger charge is 2.31. The van der Waals surface area contributed by atoms with E-state index in [1.165, 1.54) is 36.7 Å². The molecule has 0 aromatic heterocycles. The molecule has 4 nitrogen and oxygen atoms in total. The topological polar surface area (TPSA) is 35.9 Å². The van der Waals surface area contributed by atoms with Crippen LogP contribution in [-0.2, 0) is 4.79 Å². The number of benzene rings is 1. The van der Waals surface area contributed by atoms with Crippen LogP contribution >= 0.6 is 11.8 Å². The van der Waals surface area contributed by atoms with E-state index in [4.69, 9.17) is 0 Å². The van der Waals surface area contributed by atoms with Gasteiger partial charge in [-0.25, -0.2) is 0 Å². The van der Waals surface area contributed by atoms with E-state index in [9.17, 15) is 4.79 Å². The van der Waals surface area contributed by atoms with Crippen LogP contribution in [0.4, 0.5) is 5.69 Å². The van der Waals surface area contributed by atoms with E-state index in [1.807, 2.05) is 19.9 Å². The van der Waals surface area contributed by atoms with Crippen molar-refractivity contribution in [2.24, 2.45) is 4.99 Å². The van der Waals surface area contributed by atoms with E-state index in [-0.39, 0.29) is 5.91 Å². The number of aliphatic imine (C=N–C) groups is 1. The molecule has 0 unspecified atom stereocenters. The summed E-state index contributed by atoms with van der Waals surface area (Å²) in [7, 11) is 0. The Kier molecular flexibility index (Phi) is 5.61. The molecule has 2 aliphatic heterocycles. The molecule has 1 aromatic carbocycles. The standard InChI is InChI=1S/C19H25N3OS/c1-3-20-19-22(4-2)18(23)17(24-19)14-15-8-10-16(11-9-15)21-12-6-5-7-13-21/h8-11,14H,3-7,12-13H2,1-2H3/b17-14-,20-19?. The van der Waals surface area contributed by atoms with Gasteiger partial charge in [0.2, 0.25) is 0 Å². The van der Waals surface area contributed by atoms with Crippen LogP contribution in [0.2, 0.25) is 0 Å². The molecule has 3 rings (SSSR count). The van der Waals surface area contributed by atoms with Crippen molar-refractivity contribution in [2.45, 2.75) is 33.1 Å². The van der Waals surface area contributed by atoms with Crippen LogP contribution in [0.5, 0.6) is 0 Å². The first-order chi connectivity index (χ1) is 11.7. The number of amidine groups is 1. The average Bonchev–Trinajstić information content (AvgIpc) is 2.91. The van der Waals surface area contributed by atoms with Crippen LogP contribution in [0.25, 0.3) is 6.08 Å². The van der Waals surface area contributed by atoms with Crippen molar-refractivity contribution >= 4 is 34.6 Å². The van der Waals surface area contributed by atoms with Crippen molar-refractivity contribution < 1.29 is 4.79 Å². The molecular weight excluding hydrogens is 318 g/mol. The fraction of sp³-hybridized carbons (Fsp3) is 0.474. The van der Waals surface area contributed by atoms with Gasteiger partial charge in [0.25, 0.3) is 5.91 Å². The summed E-state index contributed by atoms with van der Waals surface area (Å²) in [6, 6.07) is 8.55. The number of thioether (sulfide) groups is 1. The summed E-state index contributed by atoms with van der Waals surface area (Å²) in [4.78, 5) is 21.9. The minimum atomic E-state index is 0.0646. The van der Waals surface area contributed by atoms with Gasteiger partial charge in [-0.1, -0.05) is 12.1 Å². The summed E-state index contributed by atoms with van der Waals surface area (Å²) in [5, 5.41) is 0.821. The minimum Gasteiger partial charge on any atom is -0.372 e. The van der Waals surface area contributed by atoms with Gasteiger partial charge >= 0.3 is 0 Å². The van der Waals surface area contributed by atoms with E-state index < -0.39 is 0 Å². The van der Waals surface area contributed by atoms with Gasteiger partial charge in [0.1, 0.15) is 0 Å². The number of anilines is 1. The third-order valence-corrected chi connectivity index (χ3v) is 5.45. The quantitative estimate of drug-likeness (QED) is 0.776. The van der Waals surface area contributed by atoms with Gasteiger partial charge in [-0.05, 0) is 68.6 Å². The van der Waals surface area contributed by atoms with Crippen molar-refractivity contribution in [2.75, 3.05) is 31.1 Å². The smallest absolute Gasteiger partial charge is 0.266 e. The van der Waals surface area contributed by atoms with E-state index in [0.29, 0.717) is 13.1 Å². The van der Waals surface area contributed by atoms with Crippen LogP contribution in [0.1, 0.15) is 38.7 Å². The van der Waals surface area contributed by atoms with Gasteiger partial charge in [-0.15, -0.1) is 0 Å². The van der Waals surface area contributed by atoms with Crippen LogP contribution < -0.4 is 4.90 Å². The molecule has 2 fully saturated rings. The summed E-state index contributed by atoms with van der Waals surface area (Å²) < 4.78 is 0. The van der Waals surface area contributed by atoms with Crippen molar-refractivity contribution in [1.82, 2.24) is 4.90 Å². The highest BCUT2D eigenvalue weighted by Crippen LogP contribution is 2.32. The molecule has 0 radical (unpaired) electrons. The highest BCUT2D eigenvalue weighted by molar-refractivity contribution is 8.18. The normalized spacial score (nSPS) is 22.0. The fourth-order valence-electron chi connectivity index (χ4n) is 3.12. The summed E-state index contributed by atoms with van der Waals surface area (Å²) >= 11 is 1.48. The maximum Gasteiger partial charge on any atom is 0.266 e. The fourth-order valence-corrected chi connectivity index (χ4v) is 4.23. The molecule has 0 saturated carbocycles. The van der Waals surface area contributed by atoms with Crippen molar-refractivity contribution in [3.8, 4) is 0 Å². The van der Waals surface area contributed by atoms with Gasteiger partial charge in [-0.2, -0.15) is 0 Å². The van der Waals surface area contributed by atoms with Gasteiger partial charge in [0.05, 0.1) is 4.91 Å². The van der Waals surface area contributed by atoms with Gasteiger partial charge in [0.15, 0.2) is 5.17 Å². The van der Waals surface area contributed by atoms with Crippen molar-refractivity contribution in [3.63, 3.8) is 0 Å². The molecule has 1 amide bonds. The molecule has 5 heteroatoms. The summed E-state index contributed by atoms with van der Waals surface area (Å²) in [6.45, 7) is 7.64. The predicted molar refractivity (Wildman–Crippen MR) is 103 cm³/mol. The summed E-state index contributed by atoms with van der Waals surface area (Å²) in [5.41, 5.74) is 2.35. The molecule has 128 valence electrons. The zero-order valence-electron chi connectivity index (χ0n) is 14.5. The average molecular weight is 343 g/mol. The summed E-state index contributed by atoms with van der Waals surface area (Å²) in [5.74, 6) is 0.0646. The van der Waals surface area contributed by atoms with Gasteiger partial charge in [0, 0.05) is 31.9 Å². The largest absolute Gasteiger partial charge is 0.372 e. The lowest BCUT2D eigenvalue weighted by molar-refractivity contribution is -0.122. The molecule has 0 bridgehead atoms. The second kappa shape index (κ2) is 7.88. The molecule has 2 heterocycles. The Morgan fingerprint density at radius 3 is 2.46 bits per heavy atom. The molecule has 0 N–H and O–H groups in total. The first-order valence-electron chi connectivity index (χ1n) is 8.83. The Morgan fingerprint density at radius 1 is 1.12 bits per heavy atom. The maximum atomic E-state index is 12.5. The monoisotopic (exact) mass is 343 g/mol. The van der Waals surface area contributed by atoms with E-state index in [2.05, 4.69) is 34.2 Å². The molecule has 0 atom stereocenters. The number of piperidine rings is 1. The summed E-state index contributed by atoms with van der Waals surface area (Å²) in [6.07, 6.45) is 5.89. The number of hydrogen-bond donors (Lipinski definition) is 0. The molecule has 2 aliphatic rings. The van der Waals surface area contributed by atoms with Crippen LogP contribution in [0.3, 0.4) is 0 Å². The molecule has 0 aliphatic carbocycles. The maximum absolute atomic E-state index is 12.5. The Bertz CT molecular complexity index is 645. The number of nitrogens with zero attached hydrogens (tertiary/aromatic N) is 3. The molecule has 2 saturated heterocycles. The Hall–Kier alpha value is -1.75. The number of amides is 1. The third kappa shape index (κ3) is 3.66. The Labute approximate surface area is 148 Å². The number of carbonyl (C=O) groups is 1. The number of likely N-dealkylation sites (N-methyl/N-ethyl adjacent to an activating group) is 1. The van der Waals surface area contributed by atoms with E-state index in [0.717, 1.165) is 28.7 Å². The van der Waals surface area contributed by atoms with Gasteiger partial charge in [-0.3, -0.25) is 14.7 Å². The van der Waals surface area contributed by atoms with Crippen molar-refractivity contribution in [1.29, 1.82) is 0 Å². The third-order valence-electron chi connectivity index (χ3n) is 4.41. The van der Waals surface area contributed by atoms with E-state index >= 15 is 0 Å². The SMILES string of the molecule is CCN=C1S/C(=C\c2ccc(N3CCCCC3)cc2)C(=O)N1CC. The first-order valence-corrected chi connectivity index (χ1v) is 9.65. The second-order valence-corrected chi connectivity index (χ2v) is 7.07. The van der Waals surface area contributed by atoms with Crippen LogP contribution in [0, 0.1) is 0 Å². The lowest BCUT2D eigenvalue weighted by atomic mass is 10.1. The Morgan fingerprint density at radius 2 is 1.83 bits per heavy atom. The number of carbonyl (C=O) groups excluding carboxylic acids is 1. The molecular formula is C19H25N3OS. The van der Waals surface area contributed by atoms with Crippen molar-refractivity contribution in [3.05, 3.63) is 34.7 Å². The van der Waals surface area contributed by atoms with Gasteiger partial charge < -0.3 is 4.90 Å². The highest BCUT2D eigenvalue weighted by atomic mass is 32.2. The van der Waals surface area contributed by atoms with Crippen LogP contribution in [0.15, 0.2) is 34.2 Å². The minimum absolute atomic E-state index is 0.0646. The zero-order chi connectivity index (χ0) is 16.9. The predicted octanol–water partition coefficient (Wildman–Crippen LogP) is 3.99. The molecule has 0 spiro atoms. The lowest BCUT2D eigenvalue weighted by Gasteiger charge is -2.28. The van der Waals surface area contributed by atoms with Crippen LogP contribution in [-0.4, -0.2) is 42.2 Å². The molecule has 1 aromatic rings. The number of rotatable bonds is 4. The number of hydrogen-bond acceptors (Lipinski definition) is 4. The molecule has 24 heavy (non-hydrogen) atoms. The van der Waals surface area contributed by atoms with E-state index in [1.54, 1.807) is 4.90 Å². The zero-order valence-corrected chi connectivity index (χ0v) is 15.3. The first kappa shape index (κ1) is 17.1.